The molecule has 0 atom stereocenters. The van der Waals surface area contributed by atoms with Gasteiger partial charge in [0.25, 0.3) is 0 Å². The predicted molar refractivity (Wildman–Crippen MR) is 109 cm³/mol. The summed E-state index contributed by atoms with van der Waals surface area (Å²) < 4.78 is 8.31. The van der Waals surface area contributed by atoms with Crippen molar-refractivity contribution in [2.75, 3.05) is 6.61 Å². The number of hydrogen-bond donors (Lipinski definition) is 0. The average molecular weight is 362 g/mol. The van der Waals surface area contributed by atoms with Crippen LogP contribution in [-0.2, 0) is 6.54 Å². The van der Waals surface area contributed by atoms with Crippen molar-refractivity contribution in [3.63, 3.8) is 0 Å². The normalized spacial score (nSPS) is 11.2. The number of ether oxygens (including phenoxy) is 1. The van der Waals surface area contributed by atoms with E-state index in [-0.39, 0.29) is 0 Å². The molecule has 4 heteroatoms. The van der Waals surface area contributed by atoms with Crippen LogP contribution in [0.1, 0.15) is 17.5 Å². The summed E-state index contributed by atoms with van der Waals surface area (Å²) in [6.45, 7) is 5.78. The van der Waals surface area contributed by atoms with Gasteiger partial charge < -0.3 is 9.30 Å². The van der Waals surface area contributed by atoms with E-state index in [9.17, 15) is 0 Å². The molecule has 0 unspecified atom stereocenters. The van der Waals surface area contributed by atoms with Crippen molar-refractivity contribution in [3.05, 3.63) is 71.1 Å². The first-order valence-electron chi connectivity index (χ1n) is 8.91. The molecule has 0 amide bonds. The largest absolute Gasteiger partial charge is 0.493 e. The van der Waals surface area contributed by atoms with E-state index in [1.165, 1.54) is 21.5 Å². The fourth-order valence-electron chi connectivity index (χ4n) is 3.26. The highest BCUT2D eigenvalue weighted by molar-refractivity contribution is 7.13. The predicted octanol–water partition coefficient (Wildman–Crippen LogP) is 5.85. The maximum Gasteiger partial charge on any atom is 0.151 e. The summed E-state index contributed by atoms with van der Waals surface area (Å²) in [7, 11) is 0. The van der Waals surface area contributed by atoms with Gasteiger partial charge in [-0.1, -0.05) is 35.9 Å². The summed E-state index contributed by atoms with van der Waals surface area (Å²) in [5, 5.41) is 2.10. The molecule has 0 bridgehead atoms. The Morgan fingerprint density at radius 2 is 1.92 bits per heavy atom. The van der Waals surface area contributed by atoms with E-state index < -0.39 is 0 Å². The second kappa shape index (κ2) is 7.34. The standard InChI is InChI=1S/C22H22N2OS/c1-16-10-11-20(17(2)15-16)25-13-6-12-24-19-8-4-3-7-18(19)23-22(24)21-9-5-14-26-21/h3-5,7-11,14-15H,6,12-13H2,1-2H3. The van der Waals surface area contributed by atoms with Crippen LogP contribution in [0.25, 0.3) is 21.7 Å². The molecular weight excluding hydrogens is 340 g/mol. The van der Waals surface area contributed by atoms with Crippen LogP contribution < -0.4 is 4.74 Å². The molecule has 4 rings (SSSR count). The van der Waals surface area contributed by atoms with Crippen molar-refractivity contribution in [1.82, 2.24) is 9.55 Å². The maximum atomic E-state index is 6.00. The summed E-state index contributed by atoms with van der Waals surface area (Å²) in [4.78, 5) is 6.05. The van der Waals surface area contributed by atoms with E-state index in [0.29, 0.717) is 6.61 Å². The fourth-order valence-corrected chi connectivity index (χ4v) is 3.98. The Hall–Kier alpha value is -2.59. The number of fused-ring (bicyclic) bond motifs is 1. The van der Waals surface area contributed by atoms with Gasteiger partial charge in [-0.2, -0.15) is 0 Å². The van der Waals surface area contributed by atoms with E-state index in [4.69, 9.17) is 9.72 Å². The molecule has 2 heterocycles. The second-order valence-electron chi connectivity index (χ2n) is 6.52. The van der Waals surface area contributed by atoms with E-state index in [1.54, 1.807) is 11.3 Å². The molecule has 0 N–H and O–H groups in total. The SMILES string of the molecule is Cc1ccc(OCCCn2c(-c3cccs3)nc3ccccc32)c(C)c1. The lowest BCUT2D eigenvalue weighted by atomic mass is 10.1. The third kappa shape index (κ3) is 3.37. The van der Waals surface area contributed by atoms with Crippen molar-refractivity contribution in [3.8, 4) is 16.5 Å². The average Bonchev–Trinajstić information content (AvgIpc) is 3.28. The molecular formula is C22H22N2OS. The van der Waals surface area contributed by atoms with E-state index in [0.717, 1.165) is 30.1 Å². The van der Waals surface area contributed by atoms with Crippen molar-refractivity contribution < 1.29 is 4.74 Å². The van der Waals surface area contributed by atoms with Crippen molar-refractivity contribution in [2.24, 2.45) is 0 Å². The summed E-state index contributed by atoms with van der Waals surface area (Å²) in [5.74, 6) is 2.03. The smallest absolute Gasteiger partial charge is 0.151 e. The van der Waals surface area contributed by atoms with Gasteiger partial charge in [0, 0.05) is 6.54 Å². The van der Waals surface area contributed by atoms with Gasteiger partial charge in [0.15, 0.2) is 5.82 Å². The van der Waals surface area contributed by atoms with Gasteiger partial charge in [0.05, 0.1) is 22.5 Å². The molecule has 0 fully saturated rings. The molecule has 4 aromatic rings. The van der Waals surface area contributed by atoms with Crippen LogP contribution in [0, 0.1) is 13.8 Å². The van der Waals surface area contributed by atoms with Crippen molar-refractivity contribution in [2.45, 2.75) is 26.8 Å². The molecule has 0 saturated heterocycles. The summed E-state index contributed by atoms with van der Waals surface area (Å²) in [5.41, 5.74) is 4.69. The number of thiophene rings is 1. The number of aromatic nitrogens is 2. The van der Waals surface area contributed by atoms with Crippen LogP contribution in [0.2, 0.25) is 0 Å². The molecule has 0 radical (unpaired) electrons. The van der Waals surface area contributed by atoms with Gasteiger partial charge in [-0.15, -0.1) is 11.3 Å². The third-order valence-corrected chi connectivity index (χ3v) is 5.38. The first-order valence-corrected chi connectivity index (χ1v) is 9.79. The summed E-state index contributed by atoms with van der Waals surface area (Å²) in [6, 6.07) is 18.9. The number of rotatable bonds is 6. The number of nitrogens with zero attached hydrogens (tertiary/aromatic N) is 2. The monoisotopic (exact) mass is 362 g/mol. The van der Waals surface area contributed by atoms with Gasteiger partial charge in [-0.3, -0.25) is 0 Å². The Morgan fingerprint density at radius 3 is 2.73 bits per heavy atom. The number of para-hydroxylation sites is 2. The first-order chi connectivity index (χ1) is 12.7. The van der Waals surface area contributed by atoms with E-state index in [1.807, 2.05) is 6.07 Å². The molecule has 0 aliphatic rings. The third-order valence-electron chi connectivity index (χ3n) is 4.51. The zero-order chi connectivity index (χ0) is 17.9. The minimum absolute atomic E-state index is 0.695. The molecule has 0 saturated carbocycles. The lowest BCUT2D eigenvalue weighted by Crippen LogP contribution is -2.06. The van der Waals surface area contributed by atoms with Gasteiger partial charge >= 0.3 is 0 Å². The Labute approximate surface area is 157 Å². The Morgan fingerprint density at radius 1 is 1.04 bits per heavy atom. The quantitative estimate of drug-likeness (QED) is 0.402. The Balaban J connectivity index is 1.51. The zero-order valence-electron chi connectivity index (χ0n) is 15.1. The Kier molecular flexibility index (Phi) is 4.76. The molecule has 0 spiro atoms. The highest BCUT2D eigenvalue weighted by atomic mass is 32.1. The van der Waals surface area contributed by atoms with E-state index in [2.05, 4.69) is 72.3 Å². The maximum absolute atomic E-state index is 6.00. The number of aryl methyl sites for hydroxylation is 3. The minimum atomic E-state index is 0.695. The zero-order valence-corrected chi connectivity index (χ0v) is 15.9. The van der Waals surface area contributed by atoms with Gasteiger partial charge in [-0.25, -0.2) is 4.98 Å². The lowest BCUT2D eigenvalue weighted by Gasteiger charge is -2.11. The van der Waals surface area contributed by atoms with Crippen LogP contribution >= 0.6 is 11.3 Å². The topological polar surface area (TPSA) is 27.1 Å². The number of hydrogen-bond acceptors (Lipinski definition) is 3. The minimum Gasteiger partial charge on any atom is -0.493 e. The van der Waals surface area contributed by atoms with E-state index >= 15 is 0 Å². The lowest BCUT2D eigenvalue weighted by molar-refractivity contribution is 0.301. The highest BCUT2D eigenvalue weighted by Crippen LogP contribution is 2.28. The highest BCUT2D eigenvalue weighted by Gasteiger charge is 2.12. The molecule has 132 valence electrons. The van der Waals surface area contributed by atoms with Crippen LogP contribution in [0.3, 0.4) is 0 Å². The molecule has 2 aromatic carbocycles. The van der Waals surface area contributed by atoms with Crippen molar-refractivity contribution >= 4 is 22.4 Å². The van der Waals surface area contributed by atoms with Crippen LogP contribution in [0.4, 0.5) is 0 Å². The fraction of sp³-hybridized carbons (Fsp3) is 0.227. The Bertz CT molecular complexity index is 1020. The number of benzene rings is 2. The van der Waals surface area contributed by atoms with Crippen LogP contribution in [-0.4, -0.2) is 16.2 Å². The first kappa shape index (κ1) is 16.9. The van der Waals surface area contributed by atoms with Gasteiger partial charge in [0.2, 0.25) is 0 Å². The molecule has 0 aliphatic heterocycles. The van der Waals surface area contributed by atoms with Gasteiger partial charge in [-0.05, 0) is 55.5 Å². The molecule has 0 aliphatic carbocycles. The van der Waals surface area contributed by atoms with Crippen LogP contribution in [0.15, 0.2) is 60.0 Å². The molecule has 3 nitrogen and oxygen atoms in total. The summed E-state index contributed by atoms with van der Waals surface area (Å²) in [6.07, 6.45) is 0.937. The van der Waals surface area contributed by atoms with Crippen molar-refractivity contribution in [1.29, 1.82) is 0 Å². The summed E-state index contributed by atoms with van der Waals surface area (Å²) >= 11 is 1.73. The number of imidazole rings is 1. The van der Waals surface area contributed by atoms with Crippen LogP contribution in [0.5, 0.6) is 5.75 Å². The second-order valence-corrected chi connectivity index (χ2v) is 7.47. The molecule has 26 heavy (non-hydrogen) atoms. The molecule has 2 aromatic heterocycles. The van der Waals surface area contributed by atoms with Gasteiger partial charge in [0.1, 0.15) is 5.75 Å².